The Morgan fingerprint density at radius 2 is 1.90 bits per heavy atom. The average Bonchev–Trinajstić information content (AvgIpc) is 2.82. The summed E-state index contributed by atoms with van der Waals surface area (Å²) in [4.78, 5) is 0. The van der Waals surface area contributed by atoms with Gasteiger partial charge in [0.1, 0.15) is 11.6 Å². The van der Waals surface area contributed by atoms with Crippen molar-refractivity contribution in [1.82, 2.24) is 10.2 Å². The van der Waals surface area contributed by atoms with Gasteiger partial charge in [0, 0.05) is 28.8 Å². The highest BCUT2D eigenvalue weighted by Gasteiger charge is 2.24. The molecule has 0 saturated heterocycles. The van der Waals surface area contributed by atoms with Gasteiger partial charge in [0.25, 0.3) is 0 Å². The summed E-state index contributed by atoms with van der Waals surface area (Å²) in [6.45, 7) is 0. The first-order chi connectivity index (χ1) is 9.66. The number of nitrogen functional groups attached to an aromatic ring is 1. The summed E-state index contributed by atoms with van der Waals surface area (Å²) < 4.78 is 27.1. The molecule has 1 saturated carbocycles. The molecule has 3 nitrogen and oxygen atoms in total. The number of hydrogen-bond donors (Lipinski definition) is 2. The first-order valence-corrected chi connectivity index (χ1v) is 6.96. The summed E-state index contributed by atoms with van der Waals surface area (Å²) in [6, 6.07) is 3.56. The minimum absolute atomic E-state index is 0.274. The second-order valence-electron chi connectivity index (χ2n) is 5.36. The maximum Gasteiger partial charge on any atom is 0.153 e. The molecule has 1 heterocycles. The molecule has 20 heavy (non-hydrogen) atoms. The molecular weight excluding hydrogens is 260 g/mol. The molecule has 1 fully saturated rings. The van der Waals surface area contributed by atoms with Crippen LogP contribution in [-0.2, 0) is 0 Å². The van der Waals surface area contributed by atoms with Crippen LogP contribution in [-0.4, -0.2) is 10.2 Å². The Bertz CT molecular complexity index is 616. The van der Waals surface area contributed by atoms with E-state index in [-0.39, 0.29) is 5.82 Å². The lowest BCUT2D eigenvalue weighted by Gasteiger charge is -2.21. The second kappa shape index (κ2) is 5.23. The maximum atomic E-state index is 14.0. The summed E-state index contributed by atoms with van der Waals surface area (Å²) >= 11 is 0. The Hall–Kier alpha value is -1.91. The smallest absolute Gasteiger partial charge is 0.153 e. The molecule has 0 amide bonds. The van der Waals surface area contributed by atoms with Gasteiger partial charge in [-0.2, -0.15) is 5.10 Å². The zero-order valence-corrected chi connectivity index (χ0v) is 11.1. The summed E-state index contributed by atoms with van der Waals surface area (Å²) in [5.41, 5.74) is 7.68. The minimum Gasteiger partial charge on any atom is -0.382 e. The number of anilines is 1. The Kier molecular flexibility index (Phi) is 3.42. The fourth-order valence-electron chi connectivity index (χ4n) is 3.03. The topological polar surface area (TPSA) is 54.7 Å². The largest absolute Gasteiger partial charge is 0.382 e. The van der Waals surface area contributed by atoms with Crippen LogP contribution < -0.4 is 5.73 Å². The van der Waals surface area contributed by atoms with Crippen molar-refractivity contribution in [3.05, 3.63) is 35.5 Å². The lowest BCUT2D eigenvalue weighted by atomic mass is 9.84. The summed E-state index contributed by atoms with van der Waals surface area (Å²) in [5.74, 6) is -0.591. The van der Waals surface area contributed by atoms with Crippen LogP contribution in [0.25, 0.3) is 11.1 Å². The zero-order chi connectivity index (χ0) is 14.1. The quantitative estimate of drug-likeness (QED) is 0.872. The first kappa shape index (κ1) is 13.1. The molecule has 1 aromatic heterocycles. The van der Waals surface area contributed by atoms with Crippen molar-refractivity contribution in [2.75, 3.05) is 5.73 Å². The lowest BCUT2D eigenvalue weighted by Crippen LogP contribution is -2.06. The van der Waals surface area contributed by atoms with Gasteiger partial charge in [0.15, 0.2) is 5.82 Å². The second-order valence-corrected chi connectivity index (χ2v) is 5.36. The highest BCUT2D eigenvalue weighted by molar-refractivity contribution is 5.77. The van der Waals surface area contributed by atoms with Crippen molar-refractivity contribution < 1.29 is 8.78 Å². The van der Waals surface area contributed by atoms with Gasteiger partial charge in [0.2, 0.25) is 0 Å². The van der Waals surface area contributed by atoms with E-state index in [1.54, 1.807) is 0 Å². The standard InChI is InChI=1S/C15H17F2N3/c16-10-6-7-11(12(17)8-10)13-14(19-20-15(13)18)9-4-2-1-3-5-9/h6-9H,1-5H2,(H3,18,19,20). The monoisotopic (exact) mass is 277 g/mol. The fraction of sp³-hybridized carbons (Fsp3) is 0.400. The van der Waals surface area contributed by atoms with E-state index in [2.05, 4.69) is 10.2 Å². The van der Waals surface area contributed by atoms with Gasteiger partial charge in [-0.1, -0.05) is 19.3 Å². The third-order valence-corrected chi connectivity index (χ3v) is 4.04. The van der Waals surface area contributed by atoms with Crippen LogP contribution in [0.4, 0.5) is 14.6 Å². The highest BCUT2D eigenvalue weighted by atomic mass is 19.1. The number of aromatic amines is 1. The molecule has 0 bridgehead atoms. The first-order valence-electron chi connectivity index (χ1n) is 6.96. The van der Waals surface area contributed by atoms with E-state index >= 15 is 0 Å². The third kappa shape index (κ3) is 2.28. The Morgan fingerprint density at radius 3 is 2.60 bits per heavy atom. The van der Waals surface area contributed by atoms with Crippen LogP contribution >= 0.6 is 0 Å². The van der Waals surface area contributed by atoms with E-state index in [0.29, 0.717) is 17.0 Å². The molecule has 1 aromatic carbocycles. The molecule has 1 aliphatic rings. The fourth-order valence-corrected chi connectivity index (χ4v) is 3.03. The van der Waals surface area contributed by atoms with Gasteiger partial charge in [-0.25, -0.2) is 8.78 Å². The molecular formula is C15H17F2N3. The van der Waals surface area contributed by atoms with Crippen LogP contribution in [0.2, 0.25) is 0 Å². The number of nitrogens with zero attached hydrogens (tertiary/aromatic N) is 1. The molecule has 1 aliphatic carbocycles. The van der Waals surface area contributed by atoms with Gasteiger partial charge in [0.05, 0.1) is 0 Å². The normalized spacial score (nSPS) is 16.5. The Balaban J connectivity index is 2.06. The van der Waals surface area contributed by atoms with Crippen molar-refractivity contribution in [2.45, 2.75) is 38.0 Å². The third-order valence-electron chi connectivity index (χ3n) is 4.04. The number of H-pyrrole nitrogens is 1. The molecule has 0 unspecified atom stereocenters. The van der Waals surface area contributed by atoms with Crippen LogP contribution in [0.3, 0.4) is 0 Å². The van der Waals surface area contributed by atoms with E-state index < -0.39 is 11.6 Å². The average molecular weight is 277 g/mol. The van der Waals surface area contributed by atoms with Crippen molar-refractivity contribution >= 4 is 5.82 Å². The lowest BCUT2D eigenvalue weighted by molar-refractivity contribution is 0.437. The van der Waals surface area contributed by atoms with Crippen molar-refractivity contribution in [1.29, 1.82) is 0 Å². The van der Waals surface area contributed by atoms with Crippen LogP contribution in [0.15, 0.2) is 18.2 Å². The van der Waals surface area contributed by atoms with E-state index in [4.69, 9.17) is 5.73 Å². The van der Waals surface area contributed by atoms with Crippen molar-refractivity contribution in [3.63, 3.8) is 0 Å². The molecule has 106 valence electrons. The van der Waals surface area contributed by atoms with E-state index in [0.717, 1.165) is 37.4 Å². The van der Waals surface area contributed by atoms with Gasteiger partial charge in [-0.05, 0) is 25.0 Å². The summed E-state index contributed by atoms with van der Waals surface area (Å²) in [5, 5.41) is 6.97. The van der Waals surface area contributed by atoms with Crippen LogP contribution in [0.1, 0.15) is 43.7 Å². The maximum absolute atomic E-state index is 14.0. The number of rotatable bonds is 2. The summed E-state index contributed by atoms with van der Waals surface area (Å²) in [6.07, 6.45) is 5.67. The predicted octanol–water partition coefficient (Wildman–Crippen LogP) is 3.98. The Labute approximate surface area is 116 Å². The molecule has 0 spiro atoms. The van der Waals surface area contributed by atoms with E-state index in [1.165, 1.54) is 18.6 Å². The molecule has 3 N–H and O–H groups in total. The number of hydrogen-bond acceptors (Lipinski definition) is 2. The molecule has 3 rings (SSSR count). The van der Waals surface area contributed by atoms with Gasteiger partial charge in [-0.15, -0.1) is 0 Å². The van der Waals surface area contributed by atoms with E-state index in [9.17, 15) is 8.78 Å². The van der Waals surface area contributed by atoms with Crippen LogP contribution in [0, 0.1) is 11.6 Å². The van der Waals surface area contributed by atoms with Crippen molar-refractivity contribution in [3.8, 4) is 11.1 Å². The minimum atomic E-state index is -0.602. The van der Waals surface area contributed by atoms with Crippen molar-refractivity contribution in [2.24, 2.45) is 0 Å². The molecule has 5 heteroatoms. The SMILES string of the molecule is Nc1n[nH]c(C2CCCCC2)c1-c1ccc(F)cc1F. The number of benzene rings is 1. The number of aromatic nitrogens is 2. The Morgan fingerprint density at radius 1 is 1.15 bits per heavy atom. The molecule has 2 aromatic rings. The molecule has 0 aliphatic heterocycles. The van der Waals surface area contributed by atoms with E-state index in [1.807, 2.05) is 0 Å². The molecule has 0 atom stereocenters. The number of nitrogens with two attached hydrogens (primary N) is 1. The van der Waals surface area contributed by atoms with Crippen LogP contribution in [0.5, 0.6) is 0 Å². The molecule has 0 radical (unpaired) electrons. The summed E-state index contributed by atoms with van der Waals surface area (Å²) in [7, 11) is 0. The van der Waals surface area contributed by atoms with Gasteiger partial charge >= 0.3 is 0 Å². The zero-order valence-electron chi connectivity index (χ0n) is 11.1. The highest BCUT2D eigenvalue weighted by Crippen LogP contribution is 2.40. The van der Waals surface area contributed by atoms with Gasteiger partial charge in [-0.3, -0.25) is 5.10 Å². The van der Waals surface area contributed by atoms with Gasteiger partial charge < -0.3 is 5.73 Å². The predicted molar refractivity (Wildman–Crippen MR) is 74.2 cm³/mol. The number of nitrogens with one attached hydrogen (secondary N) is 1. The number of halogens is 2.